The van der Waals surface area contributed by atoms with E-state index in [2.05, 4.69) is 12.6 Å². The maximum absolute atomic E-state index is 9.86. The minimum atomic E-state index is -0.933. The van der Waals surface area contributed by atoms with Gasteiger partial charge in [-0.25, -0.2) is 0 Å². The average molecular weight is 227 g/mol. The molecule has 84 valence electrons. The van der Waals surface area contributed by atoms with E-state index < -0.39 is 12.2 Å². The second kappa shape index (κ2) is 5.39. The lowest BCUT2D eigenvalue weighted by atomic mass is 9.99. The number of hydrogen-bond donors (Lipinski definition) is 4. The number of hydrogen-bond acceptors (Lipinski definition) is 4. The first-order valence-electron chi connectivity index (χ1n) is 4.90. The zero-order valence-corrected chi connectivity index (χ0v) is 9.61. The molecule has 3 nitrogen and oxygen atoms in total. The predicted molar refractivity (Wildman–Crippen MR) is 65.0 cm³/mol. The molecule has 0 aromatic heterocycles. The van der Waals surface area contributed by atoms with Gasteiger partial charge in [0.1, 0.15) is 6.10 Å². The van der Waals surface area contributed by atoms with Crippen LogP contribution >= 0.6 is 12.6 Å². The fraction of sp³-hybridized carbons (Fsp3) is 0.455. The Kier molecular flexibility index (Phi) is 4.45. The Bertz CT molecular complexity index is 330. The summed E-state index contributed by atoms with van der Waals surface area (Å²) in [6.45, 7) is 1.87. The highest BCUT2D eigenvalue weighted by molar-refractivity contribution is 7.80. The fourth-order valence-corrected chi connectivity index (χ4v) is 1.72. The van der Waals surface area contributed by atoms with Gasteiger partial charge in [0.15, 0.2) is 0 Å². The van der Waals surface area contributed by atoms with Crippen LogP contribution in [-0.2, 0) is 0 Å². The molecule has 1 aromatic carbocycles. The van der Waals surface area contributed by atoms with Crippen LogP contribution in [0.1, 0.15) is 23.7 Å². The average Bonchev–Trinajstić information content (AvgIpc) is 2.21. The summed E-state index contributed by atoms with van der Waals surface area (Å²) in [5.74, 6) is 0.532. The zero-order chi connectivity index (χ0) is 11.4. The highest BCUT2D eigenvalue weighted by Gasteiger charge is 2.20. The SMILES string of the molecule is Cc1cccc(C(O)C(O)CCS)c1N. The van der Waals surface area contributed by atoms with E-state index in [9.17, 15) is 10.2 Å². The number of nitrogens with two attached hydrogens (primary N) is 1. The predicted octanol–water partition coefficient (Wildman–Crippen LogP) is 1.29. The van der Waals surface area contributed by atoms with Crippen LogP contribution in [0.3, 0.4) is 0 Å². The molecule has 1 rings (SSSR count). The van der Waals surface area contributed by atoms with E-state index in [0.29, 0.717) is 23.4 Å². The molecule has 0 bridgehead atoms. The molecule has 0 aliphatic carbocycles. The molecule has 4 heteroatoms. The molecule has 0 saturated carbocycles. The summed E-state index contributed by atoms with van der Waals surface area (Å²) in [6, 6.07) is 5.42. The van der Waals surface area contributed by atoms with Gasteiger partial charge < -0.3 is 15.9 Å². The number of aryl methyl sites for hydroxylation is 1. The van der Waals surface area contributed by atoms with E-state index in [0.717, 1.165) is 5.56 Å². The van der Waals surface area contributed by atoms with Crippen LogP contribution < -0.4 is 5.73 Å². The van der Waals surface area contributed by atoms with Crippen LogP contribution in [0.4, 0.5) is 5.69 Å². The summed E-state index contributed by atoms with van der Waals surface area (Å²) in [6.07, 6.45) is -1.30. The summed E-state index contributed by atoms with van der Waals surface area (Å²) < 4.78 is 0. The van der Waals surface area contributed by atoms with Crippen LogP contribution in [0.5, 0.6) is 0 Å². The van der Waals surface area contributed by atoms with Crippen LogP contribution in [-0.4, -0.2) is 22.1 Å². The van der Waals surface area contributed by atoms with Crippen molar-refractivity contribution in [2.75, 3.05) is 11.5 Å². The fourth-order valence-electron chi connectivity index (χ4n) is 1.46. The van der Waals surface area contributed by atoms with Crippen LogP contribution in [0.15, 0.2) is 18.2 Å². The van der Waals surface area contributed by atoms with Gasteiger partial charge in [-0.3, -0.25) is 0 Å². The highest BCUT2D eigenvalue weighted by atomic mass is 32.1. The third-order valence-electron chi connectivity index (χ3n) is 2.47. The van der Waals surface area contributed by atoms with Crippen LogP contribution in [0.25, 0.3) is 0 Å². The molecule has 15 heavy (non-hydrogen) atoms. The van der Waals surface area contributed by atoms with Crippen molar-refractivity contribution in [3.8, 4) is 0 Å². The second-order valence-corrected chi connectivity index (χ2v) is 4.05. The zero-order valence-electron chi connectivity index (χ0n) is 8.72. The normalized spacial score (nSPS) is 14.9. The molecule has 0 spiro atoms. The van der Waals surface area contributed by atoms with Crippen molar-refractivity contribution < 1.29 is 10.2 Å². The van der Waals surface area contributed by atoms with Crippen molar-refractivity contribution in [2.45, 2.75) is 25.6 Å². The molecule has 0 aliphatic rings. The van der Waals surface area contributed by atoms with Gasteiger partial charge >= 0.3 is 0 Å². The highest BCUT2D eigenvalue weighted by Crippen LogP contribution is 2.26. The van der Waals surface area contributed by atoms with E-state index in [1.165, 1.54) is 0 Å². The molecule has 0 fully saturated rings. The van der Waals surface area contributed by atoms with Crippen molar-refractivity contribution in [2.24, 2.45) is 0 Å². The maximum Gasteiger partial charge on any atom is 0.107 e. The maximum atomic E-state index is 9.86. The molecule has 1 aromatic rings. The van der Waals surface area contributed by atoms with Crippen LogP contribution in [0.2, 0.25) is 0 Å². The first kappa shape index (κ1) is 12.4. The number of benzene rings is 1. The number of nitrogen functional groups attached to an aromatic ring is 1. The van der Waals surface area contributed by atoms with Gasteiger partial charge in [0.25, 0.3) is 0 Å². The summed E-state index contributed by atoms with van der Waals surface area (Å²) in [5.41, 5.74) is 7.87. The molecule has 2 atom stereocenters. The monoisotopic (exact) mass is 227 g/mol. The number of thiol groups is 1. The van der Waals surface area contributed by atoms with Gasteiger partial charge in [0.2, 0.25) is 0 Å². The molecule has 0 amide bonds. The standard InChI is InChI=1S/C11H17NO2S/c1-7-3-2-4-8(10(7)12)11(14)9(13)5-6-15/h2-4,9,11,13-15H,5-6,12H2,1H3. The Morgan fingerprint density at radius 3 is 2.67 bits per heavy atom. The van der Waals surface area contributed by atoms with Crippen molar-refractivity contribution in [1.29, 1.82) is 0 Å². The van der Waals surface area contributed by atoms with E-state index in [-0.39, 0.29) is 0 Å². The first-order chi connectivity index (χ1) is 7.07. The summed E-state index contributed by atoms with van der Waals surface area (Å²) in [4.78, 5) is 0. The molecule has 0 saturated heterocycles. The number of aliphatic hydroxyl groups excluding tert-OH is 2. The minimum absolute atomic E-state index is 0.442. The molecular formula is C11H17NO2S. The van der Waals surface area contributed by atoms with Gasteiger partial charge in [-0.15, -0.1) is 0 Å². The van der Waals surface area contributed by atoms with Gasteiger partial charge in [-0.1, -0.05) is 18.2 Å². The van der Waals surface area contributed by atoms with Gasteiger partial charge in [-0.2, -0.15) is 12.6 Å². The quantitative estimate of drug-likeness (QED) is 0.463. The Morgan fingerprint density at radius 1 is 1.40 bits per heavy atom. The number of anilines is 1. The van der Waals surface area contributed by atoms with E-state index >= 15 is 0 Å². The Balaban J connectivity index is 2.90. The minimum Gasteiger partial charge on any atom is -0.398 e. The number of aliphatic hydroxyl groups is 2. The van der Waals surface area contributed by atoms with Crippen LogP contribution in [0, 0.1) is 6.92 Å². The van der Waals surface area contributed by atoms with Crippen molar-refractivity contribution in [3.63, 3.8) is 0 Å². The Hall–Kier alpha value is -0.710. The molecule has 4 N–H and O–H groups in total. The van der Waals surface area contributed by atoms with Gasteiger partial charge in [-0.05, 0) is 24.7 Å². The van der Waals surface area contributed by atoms with Crippen molar-refractivity contribution in [1.82, 2.24) is 0 Å². The Morgan fingerprint density at radius 2 is 2.07 bits per heavy atom. The first-order valence-corrected chi connectivity index (χ1v) is 5.53. The topological polar surface area (TPSA) is 66.5 Å². The number of rotatable bonds is 4. The van der Waals surface area contributed by atoms with E-state index in [1.807, 2.05) is 19.1 Å². The lowest BCUT2D eigenvalue weighted by Gasteiger charge is -2.19. The van der Waals surface area contributed by atoms with Crippen molar-refractivity contribution in [3.05, 3.63) is 29.3 Å². The smallest absolute Gasteiger partial charge is 0.107 e. The molecule has 0 radical (unpaired) electrons. The van der Waals surface area contributed by atoms with Gasteiger partial charge in [0, 0.05) is 11.3 Å². The third kappa shape index (κ3) is 2.87. The third-order valence-corrected chi connectivity index (χ3v) is 2.72. The Labute approximate surface area is 95.3 Å². The largest absolute Gasteiger partial charge is 0.398 e. The van der Waals surface area contributed by atoms with Gasteiger partial charge in [0.05, 0.1) is 6.10 Å². The molecule has 0 heterocycles. The lowest BCUT2D eigenvalue weighted by Crippen LogP contribution is -2.20. The summed E-state index contributed by atoms with van der Waals surface area (Å²) >= 11 is 4.01. The molecule has 0 aliphatic heterocycles. The molecular weight excluding hydrogens is 210 g/mol. The number of para-hydroxylation sites is 1. The summed E-state index contributed by atoms with van der Waals surface area (Å²) in [5, 5.41) is 19.5. The second-order valence-electron chi connectivity index (χ2n) is 3.60. The van der Waals surface area contributed by atoms with Crippen molar-refractivity contribution >= 4 is 18.3 Å². The molecule has 2 unspecified atom stereocenters. The lowest BCUT2D eigenvalue weighted by molar-refractivity contribution is 0.0176. The summed E-state index contributed by atoms with van der Waals surface area (Å²) in [7, 11) is 0. The van der Waals surface area contributed by atoms with E-state index in [1.54, 1.807) is 6.07 Å². The van der Waals surface area contributed by atoms with E-state index in [4.69, 9.17) is 5.73 Å².